The molecule has 2 unspecified atom stereocenters. The molecule has 1 heterocycles. The summed E-state index contributed by atoms with van der Waals surface area (Å²) in [5.41, 5.74) is 3.04. The molecular weight excluding hydrogens is 282 g/mol. The molecule has 1 aromatic carbocycles. The summed E-state index contributed by atoms with van der Waals surface area (Å²) >= 11 is 1.67. The van der Waals surface area contributed by atoms with Crippen LogP contribution in [0.4, 0.5) is 5.69 Å². The van der Waals surface area contributed by atoms with Gasteiger partial charge >= 0.3 is 0 Å². The third-order valence-corrected chi connectivity index (χ3v) is 4.08. The molecule has 0 saturated carbocycles. The number of aryl methyl sites for hydroxylation is 1. The molecular formula is C16H21N3OS. The first-order valence-electron chi connectivity index (χ1n) is 7.01. The van der Waals surface area contributed by atoms with Gasteiger partial charge in [0.25, 0.3) is 0 Å². The maximum atomic E-state index is 11.1. The van der Waals surface area contributed by atoms with Gasteiger partial charge < -0.3 is 10.6 Å². The van der Waals surface area contributed by atoms with Crippen LogP contribution in [0.2, 0.25) is 0 Å². The van der Waals surface area contributed by atoms with E-state index in [0.717, 1.165) is 22.0 Å². The van der Waals surface area contributed by atoms with Crippen LogP contribution in [-0.2, 0) is 4.79 Å². The van der Waals surface area contributed by atoms with Crippen LogP contribution >= 0.6 is 11.3 Å². The van der Waals surface area contributed by atoms with Crippen LogP contribution in [-0.4, -0.2) is 10.9 Å². The van der Waals surface area contributed by atoms with Gasteiger partial charge in [-0.3, -0.25) is 4.79 Å². The molecule has 2 atom stereocenters. The highest BCUT2D eigenvalue weighted by Crippen LogP contribution is 2.22. The lowest BCUT2D eigenvalue weighted by Gasteiger charge is -2.19. The SMILES string of the molecule is CC(=O)Nc1cccc(C(C)NC(C)c2csc(C)n2)c1. The predicted molar refractivity (Wildman–Crippen MR) is 87.6 cm³/mol. The summed E-state index contributed by atoms with van der Waals surface area (Å²) in [4.78, 5) is 15.6. The molecule has 4 nitrogen and oxygen atoms in total. The molecule has 1 aromatic heterocycles. The zero-order valence-electron chi connectivity index (χ0n) is 12.8. The third kappa shape index (κ3) is 4.37. The minimum atomic E-state index is -0.0564. The first-order valence-corrected chi connectivity index (χ1v) is 7.89. The van der Waals surface area contributed by atoms with E-state index in [9.17, 15) is 4.79 Å². The average Bonchev–Trinajstić information content (AvgIpc) is 2.85. The number of carbonyl (C=O) groups excluding carboxylic acids is 1. The molecule has 0 fully saturated rings. The number of benzene rings is 1. The van der Waals surface area contributed by atoms with Crippen LogP contribution in [0.3, 0.4) is 0 Å². The summed E-state index contributed by atoms with van der Waals surface area (Å²) in [6.45, 7) is 7.76. The second kappa shape index (κ2) is 6.83. The minimum absolute atomic E-state index is 0.0564. The van der Waals surface area contributed by atoms with Gasteiger partial charge in [-0.2, -0.15) is 0 Å². The fourth-order valence-corrected chi connectivity index (χ4v) is 2.93. The summed E-state index contributed by atoms with van der Waals surface area (Å²) in [6.07, 6.45) is 0. The number of anilines is 1. The van der Waals surface area contributed by atoms with Crippen molar-refractivity contribution in [2.45, 2.75) is 39.8 Å². The molecule has 0 saturated heterocycles. The molecule has 1 amide bonds. The molecule has 2 aromatic rings. The van der Waals surface area contributed by atoms with E-state index in [2.05, 4.69) is 40.9 Å². The normalized spacial score (nSPS) is 13.7. The Balaban J connectivity index is 2.05. The van der Waals surface area contributed by atoms with Gasteiger partial charge in [0.2, 0.25) is 5.91 Å². The molecule has 2 rings (SSSR count). The fraction of sp³-hybridized carbons (Fsp3) is 0.375. The van der Waals surface area contributed by atoms with Gasteiger partial charge in [0.15, 0.2) is 0 Å². The molecule has 0 aliphatic carbocycles. The molecule has 0 radical (unpaired) electrons. The number of hydrogen-bond donors (Lipinski definition) is 2. The summed E-state index contributed by atoms with van der Waals surface area (Å²) in [5.74, 6) is -0.0564. The van der Waals surface area contributed by atoms with Gasteiger partial charge in [-0.25, -0.2) is 4.98 Å². The lowest BCUT2D eigenvalue weighted by molar-refractivity contribution is -0.114. The first kappa shape index (κ1) is 15.7. The topological polar surface area (TPSA) is 54.0 Å². The highest BCUT2D eigenvalue weighted by Gasteiger charge is 2.13. The van der Waals surface area contributed by atoms with E-state index in [1.807, 2.05) is 25.1 Å². The summed E-state index contributed by atoms with van der Waals surface area (Å²) in [7, 11) is 0. The number of rotatable bonds is 5. The standard InChI is InChI=1S/C16H21N3OS/c1-10(17-11(2)16-9-21-13(4)19-16)14-6-5-7-15(8-14)18-12(3)20/h5-11,17H,1-4H3,(H,18,20). The number of aromatic nitrogens is 1. The summed E-state index contributed by atoms with van der Waals surface area (Å²) in [5, 5.41) is 9.52. The van der Waals surface area contributed by atoms with E-state index in [-0.39, 0.29) is 18.0 Å². The van der Waals surface area contributed by atoms with Gasteiger partial charge in [-0.05, 0) is 38.5 Å². The minimum Gasteiger partial charge on any atom is -0.326 e. The van der Waals surface area contributed by atoms with Gasteiger partial charge in [0.1, 0.15) is 0 Å². The van der Waals surface area contributed by atoms with E-state index in [4.69, 9.17) is 0 Å². The predicted octanol–water partition coefficient (Wildman–Crippen LogP) is 3.82. The largest absolute Gasteiger partial charge is 0.326 e. The molecule has 0 spiro atoms. The van der Waals surface area contributed by atoms with E-state index in [0.29, 0.717) is 0 Å². The van der Waals surface area contributed by atoms with Crippen molar-refractivity contribution >= 4 is 22.9 Å². The smallest absolute Gasteiger partial charge is 0.221 e. The van der Waals surface area contributed by atoms with Crippen LogP contribution in [0.15, 0.2) is 29.6 Å². The van der Waals surface area contributed by atoms with Crippen molar-refractivity contribution in [2.24, 2.45) is 0 Å². The summed E-state index contributed by atoms with van der Waals surface area (Å²) < 4.78 is 0. The van der Waals surface area contributed by atoms with Crippen LogP contribution in [0.25, 0.3) is 0 Å². The van der Waals surface area contributed by atoms with Crippen LogP contribution < -0.4 is 10.6 Å². The Labute approximate surface area is 129 Å². The second-order valence-electron chi connectivity index (χ2n) is 5.21. The first-order chi connectivity index (χ1) is 9.95. The number of hydrogen-bond acceptors (Lipinski definition) is 4. The van der Waals surface area contributed by atoms with Crippen LogP contribution in [0, 0.1) is 6.92 Å². The molecule has 0 aliphatic rings. The number of carbonyl (C=O) groups is 1. The number of amides is 1. The Morgan fingerprint density at radius 2 is 2.05 bits per heavy atom. The van der Waals surface area contributed by atoms with Crippen molar-refractivity contribution in [3.63, 3.8) is 0 Å². The Hall–Kier alpha value is -1.72. The monoisotopic (exact) mass is 303 g/mol. The Kier molecular flexibility index (Phi) is 5.09. The Morgan fingerprint density at radius 1 is 1.29 bits per heavy atom. The van der Waals surface area contributed by atoms with Crippen LogP contribution in [0.1, 0.15) is 49.1 Å². The third-order valence-electron chi connectivity index (χ3n) is 3.29. The van der Waals surface area contributed by atoms with Crippen molar-refractivity contribution < 1.29 is 4.79 Å². The zero-order valence-corrected chi connectivity index (χ0v) is 13.6. The number of thiazole rings is 1. The van der Waals surface area contributed by atoms with Crippen LogP contribution in [0.5, 0.6) is 0 Å². The van der Waals surface area contributed by atoms with E-state index < -0.39 is 0 Å². The lowest BCUT2D eigenvalue weighted by atomic mass is 10.1. The highest BCUT2D eigenvalue weighted by molar-refractivity contribution is 7.09. The zero-order chi connectivity index (χ0) is 15.4. The van der Waals surface area contributed by atoms with Crippen molar-refractivity contribution in [2.75, 3.05) is 5.32 Å². The van der Waals surface area contributed by atoms with E-state index in [1.54, 1.807) is 11.3 Å². The Morgan fingerprint density at radius 3 is 2.67 bits per heavy atom. The molecule has 112 valence electrons. The second-order valence-corrected chi connectivity index (χ2v) is 6.27. The van der Waals surface area contributed by atoms with Gasteiger partial charge in [0.05, 0.1) is 10.7 Å². The van der Waals surface area contributed by atoms with Crippen molar-refractivity contribution in [1.29, 1.82) is 0 Å². The quantitative estimate of drug-likeness (QED) is 0.883. The van der Waals surface area contributed by atoms with E-state index in [1.165, 1.54) is 6.92 Å². The van der Waals surface area contributed by atoms with Crippen molar-refractivity contribution in [3.05, 3.63) is 45.9 Å². The fourth-order valence-electron chi connectivity index (χ4n) is 2.22. The van der Waals surface area contributed by atoms with Gasteiger partial charge in [0, 0.05) is 30.1 Å². The Bertz CT molecular complexity index is 623. The number of nitrogens with one attached hydrogen (secondary N) is 2. The summed E-state index contributed by atoms with van der Waals surface area (Å²) in [6, 6.07) is 8.27. The molecule has 5 heteroatoms. The maximum Gasteiger partial charge on any atom is 0.221 e. The average molecular weight is 303 g/mol. The molecule has 0 bridgehead atoms. The maximum absolute atomic E-state index is 11.1. The number of nitrogens with zero attached hydrogens (tertiary/aromatic N) is 1. The van der Waals surface area contributed by atoms with Gasteiger partial charge in [-0.1, -0.05) is 12.1 Å². The molecule has 0 aliphatic heterocycles. The molecule has 21 heavy (non-hydrogen) atoms. The lowest BCUT2D eigenvalue weighted by Crippen LogP contribution is -2.23. The van der Waals surface area contributed by atoms with Crippen molar-refractivity contribution in [1.82, 2.24) is 10.3 Å². The molecule has 2 N–H and O–H groups in total. The highest BCUT2D eigenvalue weighted by atomic mass is 32.1. The van der Waals surface area contributed by atoms with E-state index >= 15 is 0 Å². The van der Waals surface area contributed by atoms with Crippen molar-refractivity contribution in [3.8, 4) is 0 Å². The van der Waals surface area contributed by atoms with Gasteiger partial charge in [-0.15, -0.1) is 11.3 Å².